The number of likely N-dealkylation sites (tertiary alicyclic amines) is 1. The molecular weight excluding hydrogens is 398 g/mol. The van der Waals surface area contributed by atoms with Crippen molar-refractivity contribution in [2.45, 2.75) is 32.4 Å². The highest BCUT2D eigenvalue weighted by molar-refractivity contribution is 5.85. The molecule has 2 aromatic rings. The molecule has 0 aliphatic carbocycles. The molecule has 1 atom stereocenters. The first kappa shape index (κ1) is 22.6. The van der Waals surface area contributed by atoms with Crippen LogP contribution in [0.25, 0.3) is 0 Å². The molecule has 2 aromatic carbocycles. The summed E-state index contributed by atoms with van der Waals surface area (Å²) in [5.74, 6) is 1.04. The number of aryl methyl sites for hydroxylation is 1. The maximum absolute atomic E-state index is 12.8. The van der Waals surface area contributed by atoms with Crippen LogP contribution >= 0.6 is 12.4 Å². The van der Waals surface area contributed by atoms with Gasteiger partial charge in [-0.3, -0.25) is 9.69 Å². The number of piperazine rings is 1. The van der Waals surface area contributed by atoms with Crippen molar-refractivity contribution in [3.05, 3.63) is 65.2 Å². The van der Waals surface area contributed by atoms with Crippen molar-refractivity contribution in [2.24, 2.45) is 0 Å². The van der Waals surface area contributed by atoms with E-state index >= 15 is 0 Å². The Hall–Kier alpha value is -2.08. The Morgan fingerprint density at radius 1 is 1.10 bits per heavy atom. The Kier molecular flexibility index (Phi) is 8.14. The van der Waals surface area contributed by atoms with Crippen LogP contribution in [0.5, 0.6) is 5.75 Å². The molecule has 0 radical (unpaired) electrons. The lowest BCUT2D eigenvalue weighted by atomic mass is 10.1. The van der Waals surface area contributed by atoms with Crippen molar-refractivity contribution in [3.8, 4) is 5.75 Å². The zero-order valence-corrected chi connectivity index (χ0v) is 18.5. The lowest BCUT2D eigenvalue weighted by Gasteiger charge is -2.32. The molecule has 0 saturated carbocycles. The van der Waals surface area contributed by atoms with E-state index in [0.29, 0.717) is 19.1 Å². The second-order valence-electron chi connectivity index (χ2n) is 8.11. The van der Waals surface area contributed by atoms with Gasteiger partial charge in [-0.15, -0.1) is 12.4 Å². The fourth-order valence-electron chi connectivity index (χ4n) is 4.28. The summed E-state index contributed by atoms with van der Waals surface area (Å²) in [6.07, 6.45) is 1.53. The van der Waals surface area contributed by atoms with Crippen LogP contribution in [0, 0.1) is 6.92 Å². The minimum atomic E-state index is 0. The topological polar surface area (TPSA) is 44.8 Å². The predicted octanol–water partition coefficient (Wildman–Crippen LogP) is 3.04. The third kappa shape index (κ3) is 5.75. The number of nitrogens with zero attached hydrogens (tertiary/aromatic N) is 2. The summed E-state index contributed by atoms with van der Waals surface area (Å²) in [6.45, 7) is 8.67. The van der Waals surface area contributed by atoms with E-state index in [1.807, 2.05) is 41.3 Å². The number of ether oxygens (including phenoxy) is 1. The van der Waals surface area contributed by atoms with Crippen LogP contribution in [0.3, 0.4) is 0 Å². The lowest BCUT2D eigenvalue weighted by molar-refractivity contribution is -0.129. The first-order chi connectivity index (χ1) is 14.2. The summed E-state index contributed by atoms with van der Waals surface area (Å²) >= 11 is 0. The highest BCUT2D eigenvalue weighted by Gasteiger charge is 2.30. The van der Waals surface area contributed by atoms with Gasteiger partial charge in [0.1, 0.15) is 12.4 Å². The van der Waals surface area contributed by atoms with E-state index < -0.39 is 0 Å². The van der Waals surface area contributed by atoms with Gasteiger partial charge in [-0.25, -0.2) is 0 Å². The number of amides is 1. The predicted molar refractivity (Wildman–Crippen MR) is 122 cm³/mol. The molecule has 1 amide bonds. The van der Waals surface area contributed by atoms with Gasteiger partial charge in [0.05, 0.1) is 6.42 Å². The second-order valence-corrected chi connectivity index (χ2v) is 8.11. The molecule has 6 heteroatoms. The highest BCUT2D eigenvalue weighted by atomic mass is 35.5. The average molecular weight is 430 g/mol. The van der Waals surface area contributed by atoms with E-state index in [-0.39, 0.29) is 18.3 Å². The number of benzene rings is 2. The third-order valence-corrected chi connectivity index (χ3v) is 6.09. The molecular formula is C24H32ClN3O2. The summed E-state index contributed by atoms with van der Waals surface area (Å²) in [5, 5.41) is 3.40. The molecule has 2 aliphatic rings. The van der Waals surface area contributed by atoms with Crippen molar-refractivity contribution in [2.75, 3.05) is 39.3 Å². The molecule has 162 valence electrons. The molecule has 2 fully saturated rings. The standard InChI is InChI=1S/C24H31N3O2.ClH/c1-19-5-2-3-7-21(19)18-29-23-8-4-6-20(15-23)16-24(28)27-12-9-22(17-27)26-13-10-25-11-14-26;/h2-8,15,22,25H,9-14,16-18H2,1H3;1H. The van der Waals surface area contributed by atoms with Gasteiger partial charge in [0.2, 0.25) is 5.91 Å². The quantitative estimate of drug-likeness (QED) is 0.766. The number of hydrogen-bond donors (Lipinski definition) is 1. The number of carbonyl (C=O) groups is 1. The van der Waals surface area contributed by atoms with Crippen LogP contribution < -0.4 is 10.1 Å². The SMILES string of the molecule is Cc1ccccc1COc1cccc(CC(=O)N2CCC(N3CCNCC3)C2)c1.Cl. The number of rotatable bonds is 6. The summed E-state index contributed by atoms with van der Waals surface area (Å²) in [6, 6.07) is 16.7. The first-order valence-corrected chi connectivity index (χ1v) is 10.7. The molecule has 0 aromatic heterocycles. The number of nitrogens with one attached hydrogen (secondary N) is 1. The monoisotopic (exact) mass is 429 g/mol. The van der Waals surface area contributed by atoms with Gasteiger partial charge in [0.25, 0.3) is 0 Å². The maximum atomic E-state index is 12.8. The average Bonchev–Trinajstić information content (AvgIpc) is 3.25. The van der Waals surface area contributed by atoms with Gasteiger partial charge in [-0.2, -0.15) is 0 Å². The van der Waals surface area contributed by atoms with E-state index in [9.17, 15) is 4.79 Å². The van der Waals surface area contributed by atoms with Gasteiger partial charge in [0.15, 0.2) is 0 Å². The highest BCUT2D eigenvalue weighted by Crippen LogP contribution is 2.20. The zero-order valence-electron chi connectivity index (χ0n) is 17.7. The first-order valence-electron chi connectivity index (χ1n) is 10.7. The van der Waals surface area contributed by atoms with E-state index in [4.69, 9.17) is 4.74 Å². The summed E-state index contributed by atoms with van der Waals surface area (Å²) in [7, 11) is 0. The van der Waals surface area contributed by atoms with Crippen molar-refractivity contribution < 1.29 is 9.53 Å². The number of carbonyl (C=O) groups excluding carboxylic acids is 1. The zero-order chi connectivity index (χ0) is 20.1. The Morgan fingerprint density at radius 2 is 1.90 bits per heavy atom. The minimum absolute atomic E-state index is 0. The van der Waals surface area contributed by atoms with Crippen molar-refractivity contribution >= 4 is 18.3 Å². The molecule has 5 nitrogen and oxygen atoms in total. The Labute approximate surface area is 185 Å². The largest absolute Gasteiger partial charge is 0.489 e. The molecule has 0 bridgehead atoms. The smallest absolute Gasteiger partial charge is 0.227 e. The molecule has 1 unspecified atom stereocenters. The van der Waals surface area contributed by atoms with Gasteiger partial charge in [-0.05, 0) is 42.2 Å². The van der Waals surface area contributed by atoms with Crippen molar-refractivity contribution in [1.82, 2.24) is 15.1 Å². The molecule has 2 heterocycles. The Bertz CT molecular complexity index is 839. The molecule has 30 heavy (non-hydrogen) atoms. The van der Waals surface area contributed by atoms with Gasteiger partial charge >= 0.3 is 0 Å². The molecule has 2 saturated heterocycles. The molecule has 0 spiro atoms. The van der Waals surface area contributed by atoms with Crippen LogP contribution in [0.15, 0.2) is 48.5 Å². The summed E-state index contributed by atoms with van der Waals surface area (Å²) < 4.78 is 5.98. The van der Waals surface area contributed by atoms with Gasteiger partial charge in [0, 0.05) is 45.3 Å². The Balaban J connectivity index is 0.00000256. The van der Waals surface area contributed by atoms with Crippen LogP contribution in [0.2, 0.25) is 0 Å². The lowest BCUT2D eigenvalue weighted by Crippen LogP contribution is -2.49. The minimum Gasteiger partial charge on any atom is -0.489 e. The van der Waals surface area contributed by atoms with Gasteiger partial charge < -0.3 is 15.0 Å². The molecule has 4 rings (SSSR count). The van der Waals surface area contributed by atoms with E-state index in [0.717, 1.165) is 57.0 Å². The fraction of sp³-hybridized carbons (Fsp3) is 0.458. The van der Waals surface area contributed by atoms with Crippen molar-refractivity contribution in [3.63, 3.8) is 0 Å². The molecule has 2 aliphatic heterocycles. The summed E-state index contributed by atoms with van der Waals surface area (Å²) in [4.78, 5) is 17.4. The van der Waals surface area contributed by atoms with E-state index in [2.05, 4.69) is 29.3 Å². The van der Waals surface area contributed by atoms with Gasteiger partial charge in [-0.1, -0.05) is 36.4 Å². The van der Waals surface area contributed by atoms with Crippen molar-refractivity contribution in [1.29, 1.82) is 0 Å². The van der Waals surface area contributed by atoms with Crippen LogP contribution in [-0.2, 0) is 17.8 Å². The Morgan fingerprint density at radius 3 is 2.70 bits per heavy atom. The van der Waals surface area contributed by atoms with E-state index in [1.165, 1.54) is 11.1 Å². The summed E-state index contributed by atoms with van der Waals surface area (Å²) in [5.41, 5.74) is 3.43. The number of halogens is 1. The van der Waals surface area contributed by atoms with Crippen LogP contribution in [0.1, 0.15) is 23.1 Å². The second kappa shape index (κ2) is 10.8. The van der Waals surface area contributed by atoms with Crippen LogP contribution in [-0.4, -0.2) is 61.0 Å². The third-order valence-electron chi connectivity index (χ3n) is 6.09. The maximum Gasteiger partial charge on any atom is 0.227 e. The normalized spacial score (nSPS) is 19.4. The van der Waals surface area contributed by atoms with E-state index in [1.54, 1.807) is 0 Å². The molecule has 1 N–H and O–H groups in total. The van der Waals surface area contributed by atoms with Crippen LogP contribution in [0.4, 0.5) is 0 Å². The number of hydrogen-bond acceptors (Lipinski definition) is 4. The fourth-order valence-corrected chi connectivity index (χ4v) is 4.28.